The maximum Gasteiger partial charge on any atom is 0.251 e. The fraction of sp³-hybridized carbons (Fsp3) is 0.368. The normalized spacial score (nSPS) is 11.0. The van der Waals surface area contributed by atoms with Gasteiger partial charge in [0.05, 0.1) is 7.11 Å². The van der Waals surface area contributed by atoms with Gasteiger partial charge < -0.3 is 15.4 Å². The number of pyridine rings is 1. The van der Waals surface area contributed by atoms with Crippen LogP contribution >= 0.6 is 0 Å². The predicted octanol–water partition coefficient (Wildman–Crippen LogP) is 3.27. The van der Waals surface area contributed by atoms with E-state index in [2.05, 4.69) is 36.4 Å². The standard InChI is InChI=1S/C19H25N3O2/c1-19(2,3)22-17-13-15(10-11-20-17)18(23)21-12-9-14-7-5-6-8-16(14)24-4/h5-8,10-11,13H,9,12H2,1-4H3,(H,20,22)(H,21,23). The molecule has 0 aliphatic carbocycles. The number of nitrogens with zero attached hydrogens (tertiary/aromatic N) is 1. The molecule has 2 rings (SSSR count). The van der Waals surface area contributed by atoms with Crippen LogP contribution in [0.4, 0.5) is 5.82 Å². The number of nitrogens with one attached hydrogen (secondary N) is 2. The summed E-state index contributed by atoms with van der Waals surface area (Å²) in [5, 5.41) is 6.20. The Morgan fingerprint density at radius 3 is 2.67 bits per heavy atom. The molecule has 1 amide bonds. The van der Waals surface area contributed by atoms with Crippen molar-refractivity contribution in [2.75, 3.05) is 19.0 Å². The number of carbonyl (C=O) groups excluding carboxylic acids is 1. The molecule has 0 spiro atoms. The second kappa shape index (κ2) is 7.81. The number of aromatic nitrogens is 1. The molecule has 0 aliphatic heterocycles. The highest BCUT2D eigenvalue weighted by Gasteiger charge is 2.12. The smallest absolute Gasteiger partial charge is 0.251 e. The largest absolute Gasteiger partial charge is 0.496 e. The minimum absolute atomic E-state index is 0.105. The molecule has 0 bridgehead atoms. The zero-order chi connectivity index (χ0) is 17.6. The zero-order valence-electron chi connectivity index (χ0n) is 14.7. The van der Waals surface area contributed by atoms with E-state index in [1.54, 1.807) is 25.4 Å². The Morgan fingerprint density at radius 1 is 1.21 bits per heavy atom. The lowest BCUT2D eigenvalue weighted by Gasteiger charge is -2.21. The fourth-order valence-electron chi connectivity index (χ4n) is 2.35. The first-order chi connectivity index (χ1) is 11.4. The summed E-state index contributed by atoms with van der Waals surface area (Å²) in [5.41, 5.74) is 1.56. The van der Waals surface area contributed by atoms with Crippen LogP contribution in [0.2, 0.25) is 0 Å². The van der Waals surface area contributed by atoms with Crippen LogP contribution in [-0.2, 0) is 6.42 Å². The van der Waals surface area contributed by atoms with E-state index in [1.807, 2.05) is 24.3 Å². The van der Waals surface area contributed by atoms with Gasteiger partial charge in [-0.1, -0.05) is 18.2 Å². The van der Waals surface area contributed by atoms with Crippen molar-refractivity contribution in [1.29, 1.82) is 0 Å². The summed E-state index contributed by atoms with van der Waals surface area (Å²) in [6.45, 7) is 6.70. The summed E-state index contributed by atoms with van der Waals surface area (Å²) < 4.78 is 5.32. The highest BCUT2D eigenvalue weighted by atomic mass is 16.5. The number of rotatable bonds is 6. The Labute approximate surface area is 143 Å². The molecule has 0 fully saturated rings. The third kappa shape index (κ3) is 5.26. The minimum atomic E-state index is -0.107. The van der Waals surface area contributed by atoms with Crippen molar-refractivity contribution in [3.8, 4) is 5.75 Å². The molecule has 1 heterocycles. The van der Waals surface area contributed by atoms with Crippen LogP contribution in [0.1, 0.15) is 36.7 Å². The molecule has 2 N–H and O–H groups in total. The molecule has 1 aromatic carbocycles. The average molecular weight is 327 g/mol. The molecule has 128 valence electrons. The van der Waals surface area contributed by atoms with E-state index in [0.29, 0.717) is 24.3 Å². The molecule has 0 saturated carbocycles. The van der Waals surface area contributed by atoms with Crippen molar-refractivity contribution in [3.63, 3.8) is 0 Å². The van der Waals surface area contributed by atoms with Gasteiger partial charge in [0.2, 0.25) is 0 Å². The lowest BCUT2D eigenvalue weighted by atomic mass is 10.1. The van der Waals surface area contributed by atoms with Crippen LogP contribution in [0, 0.1) is 0 Å². The summed E-state index contributed by atoms with van der Waals surface area (Å²) in [5.74, 6) is 1.43. The first-order valence-electron chi connectivity index (χ1n) is 8.03. The molecule has 0 atom stereocenters. The Morgan fingerprint density at radius 2 is 1.96 bits per heavy atom. The van der Waals surface area contributed by atoms with Gasteiger partial charge >= 0.3 is 0 Å². The monoisotopic (exact) mass is 327 g/mol. The average Bonchev–Trinajstić information content (AvgIpc) is 2.54. The van der Waals surface area contributed by atoms with Crippen molar-refractivity contribution >= 4 is 11.7 Å². The van der Waals surface area contributed by atoms with Gasteiger partial charge in [-0.25, -0.2) is 4.98 Å². The van der Waals surface area contributed by atoms with Crippen LogP contribution in [0.25, 0.3) is 0 Å². The second-order valence-corrected chi connectivity index (χ2v) is 6.62. The van der Waals surface area contributed by atoms with Crippen molar-refractivity contribution in [3.05, 3.63) is 53.7 Å². The summed E-state index contributed by atoms with van der Waals surface area (Å²) in [7, 11) is 1.65. The number of methoxy groups -OCH3 is 1. The van der Waals surface area contributed by atoms with Gasteiger partial charge in [-0.3, -0.25) is 4.79 Å². The number of para-hydroxylation sites is 1. The quantitative estimate of drug-likeness (QED) is 0.855. The SMILES string of the molecule is COc1ccccc1CCNC(=O)c1ccnc(NC(C)(C)C)c1. The van der Waals surface area contributed by atoms with Crippen LogP contribution in [0.3, 0.4) is 0 Å². The van der Waals surface area contributed by atoms with Gasteiger partial charge in [-0.2, -0.15) is 0 Å². The Kier molecular flexibility index (Phi) is 5.79. The number of amides is 1. The van der Waals surface area contributed by atoms with Gasteiger partial charge in [0, 0.05) is 23.8 Å². The molecule has 0 saturated heterocycles. The number of carbonyl (C=O) groups is 1. The van der Waals surface area contributed by atoms with Gasteiger partial charge in [-0.05, 0) is 51.0 Å². The fourth-order valence-corrected chi connectivity index (χ4v) is 2.35. The number of hydrogen-bond acceptors (Lipinski definition) is 4. The predicted molar refractivity (Wildman–Crippen MR) is 96.6 cm³/mol. The van der Waals surface area contributed by atoms with E-state index in [-0.39, 0.29) is 11.4 Å². The van der Waals surface area contributed by atoms with Gasteiger partial charge in [0.15, 0.2) is 0 Å². The van der Waals surface area contributed by atoms with Crippen LogP contribution in [0.5, 0.6) is 5.75 Å². The molecule has 0 aliphatic rings. The molecule has 24 heavy (non-hydrogen) atoms. The van der Waals surface area contributed by atoms with Crippen LogP contribution in [0.15, 0.2) is 42.6 Å². The highest BCUT2D eigenvalue weighted by Crippen LogP contribution is 2.17. The second-order valence-electron chi connectivity index (χ2n) is 6.62. The first kappa shape index (κ1) is 17.8. The summed E-state index contributed by atoms with van der Waals surface area (Å²) in [6.07, 6.45) is 2.36. The molecular weight excluding hydrogens is 302 g/mol. The first-order valence-corrected chi connectivity index (χ1v) is 8.03. The zero-order valence-corrected chi connectivity index (χ0v) is 14.7. The number of benzene rings is 1. The van der Waals surface area contributed by atoms with E-state index in [1.165, 1.54) is 0 Å². The summed E-state index contributed by atoms with van der Waals surface area (Å²) in [6, 6.07) is 11.3. The van der Waals surface area contributed by atoms with Crippen LogP contribution < -0.4 is 15.4 Å². The lowest BCUT2D eigenvalue weighted by Crippen LogP contribution is -2.28. The van der Waals surface area contributed by atoms with E-state index in [4.69, 9.17) is 4.74 Å². The molecule has 2 aromatic rings. The summed E-state index contributed by atoms with van der Waals surface area (Å²) in [4.78, 5) is 16.6. The van der Waals surface area contributed by atoms with Crippen molar-refractivity contribution in [2.24, 2.45) is 0 Å². The lowest BCUT2D eigenvalue weighted by molar-refractivity contribution is 0.0954. The van der Waals surface area contributed by atoms with E-state index in [0.717, 1.165) is 11.3 Å². The minimum Gasteiger partial charge on any atom is -0.496 e. The third-order valence-corrected chi connectivity index (χ3v) is 3.40. The Hall–Kier alpha value is -2.56. The van der Waals surface area contributed by atoms with Crippen molar-refractivity contribution in [1.82, 2.24) is 10.3 Å². The van der Waals surface area contributed by atoms with E-state index < -0.39 is 0 Å². The van der Waals surface area contributed by atoms with Gasteiger partial charge in [0.25, 0.3) is 5.91 Å². The van der Waals surface area contributed by atoms with Crippen molar-refractivity contribution in [2.45, 2.75) is 32.7 Å². The Balaban J connectivity index is 1.94. The number of hydrogen-bond donors (Lipinski definition) is 2. The third-order valence-electron chi connectivity index (χ3n) is 3.40. The summed E-state index contributed by atoms with van der Waals surface area (Å²) >= 11 is 0. The molecule has 0 radical (unpaired) electrons. The van der Waals surface area contributed by atoms with E-state index >= 15 is 0 Å². The van der Waals surface area contributed by atoms with Gasteiger partial charge in [-0.15, -0.1) is 0 Å². The molecular formula is C19H25N3O2. The maximum absolute atomic E-state index is 12.3. The molecule has 5 heteroatoms. The Bertz CT molecular complexity index is 693. The molecule has 5 nitrogen and oxygen atoms in total. The number of ether oxygens (including phenoxy) is 1. The maximum atomic E-state index is 12.3. The topological polar surface area (TPSA) is 63.2 Å². The highest BCUT2D eigenvalue weighted by molar-refractivity contribution is 5.94. The van der Waals surface area contributed by atoms with Crippen LogP contribution in [-0.4, -0.2) is 30.1 Å². The van der Waals surface area contributed by atoms with E-state index in [9.17, 15) is 4.79 Å². The van der Waals surface area contributed by atoms with Crippen molar-refractivity contribution < 1.29 is 9.53 Å². The molecule has 1 aromatic heterocycles. The van der Waals surface area contributed by atoms with Gasteiger partial charge in [0.1, 0.15) is 11.6 Å². The molecule has 0 unspecified atom stereocenters. The number of anilines is 1.